The molecule has 3 aromatic rings. The van der Waals surface area contributed by atoms with Gasteiger partial charge in [-0.2, -0.15) is 0 Å². The first kappa shape index (κ1) is 23.6. The second-order valence-electron chi connectivity index (χ2n) is 9.29. The Morgan fingerprint density at radius 3 is 2.11 bits per heavy atom. The number of hydrogen-bond acceptors (Lipinski definition) is 7. The van der Waals surface area contributed by atoms with Gasteiger partial charge in [-0.1, -0.05) is 12.1 Å². The van der Waals surface area contributed by atoms with Gasteiger partial charge in [0.25, 0.3) is 5.56 Å². The maximum absolute atomic E-state index is 13.7. The fraction of sp³-hybridized carbons (Fsp3) is 0.333. The number of carbonyl (C=O) groups is 1. The Bertz CT molecular complexity index is 1380. The Morgan fingerprint density at radius 1 is 0.861 bits per heavy atom. The predicted octanol–water partition coefficient (Wildman–Crippen LogP) is 3.75. The van der Waals surface area contributed by atoms with Gasteiger partial charge in [-0.15, -0.1) is 0 Å². The molecule has 3 N–H and O–H groups in total. The van der Waals surface area contributed by atoms with Crippen molar-refractivity contribution in [1.29, 1.82) is 0 Å². The minimum atomic E-state index is -0.448. The quantitative estimate of drug-likeness (QED) is 0.483. The lowest BCUT2D eigenvalue weighted by molar-refractivity contribution is -0.116. The molecule has 0 amide bonds. The second-order valence-corrected chi connectivity index (χ2v) is 9.29. The summed E-state index contributed by atoms with van der Waals surface area (Å²) in [5.74, 6) is 1.67. The number of Topliss-reactive ketones (excluding diaryl/α,β-unsaturated/α-hetero) is 1. The van der Waals surface area contributed by atoms with Gasteiger partial charge in [0.1, 0.15) is 5.82 Å². The molecule has 2 atom stereocenters. The summed E-state index contributed by atoms with van der Waals surface area (Å²) < 4.78 is 16.5. The smallest absolute Gasteiger partial charge is 0.270 e. The molecule has 5 rings (SSSR count). The third kappa shape index (κ3) is 3.80. The number of aromatic nitrogens is 2. The van der Waals surface area contributed by atoms with Crippen molar-refractivity contribution >= 4 is 17.3 Å². The Morgan fingerprint density at radius 2 is 1.53 bits per heavy atom. The first-order valence-electron chi connectivity index (χ1n) is 11.8. The lowest BCUT2D eigenvalue weighted by atomic mass is 9.72. The number of anilines is 2. The third-order valence-corrected chi connectivity index (χ3v) is 7.08. The summed E-state index contributed by atoms with van der Waals surface area (Å²) in [7, 11) is 8.67. The van der Waals surface area contributed by atoms with Crippen LogP contribution in [-0.2, 0) is 4.79 Å². The molecular formula is C27H30N4O5. The van der Waals surface area contributed by atoms with Crippen molar-refractivity contribution in [3.63, 3.8) is 0 Å². The van der Waals surface area contributed by atoms with Gasteiger partial charge in [-0.3, -0.25) is 19.8 Å². The van der Waals surface area contributed by atoms with Gasteiger partial charge in [0.2, 0.25) is 5.75 Å². The summed E-state index contributed by atoms with van der Waals surface area (Å²) in [5, 5.41) is 8.97. The van der Waals surface area contributed by atoms with Crippen LogP contribution in [-0.4, -0.2) is 51.4 Å². The minimum absolute atomic E-state index is 0.00966. The maximum atomic E-state index is 13.7. The van der Waals surface area contributed by atoms with Crippen molar-refractivity contribution in [2.45, 2.75) is 24.7 Å². The highest BCUT2D eigenvalue weighted by Crippen LogP contribution is 2.48. The van der Waals surface area contributed by atoms with Crippen LogP contribution in [0.4, 0.5) is 11.5 Å². The largest absolute Gasteiger partial charge is 0.493 e. The number of hydrogen-bond donors (Lipinski definition) is 3. The van der Waals surface area contributed by atoms with Crippen molar-refractivity contribution in [3.05, 3.63) is 74.7 Å². The highest BCUT2D eigenvalue weighted by atomic mass is 16.5. The molecule has 0 saturated heterocycles. The van der Waals surface area contributed by atoms with Crippen LogP contribution in [0.1, 0.15) is 41.4 Å². The minimum Gasteiger partial charge on any atom is -0.493 e. The van der Waals surface area contributed by atoms with Crippen LogP contribution in [0.2, 0.25) is 0 Å². The molecule has 1 aliphatic carbocycles. The number of aromatic amines is 2. The standard InChI is InChI=1S/C27H30N4O5/c1-31(2)17-8-6-14(7-9-17)22-23-18(28-26-24(22)27(33)30-29-26)10-15(11-19(23)32)16-12-20(34-3)25(36-5)21(13-16)35-4/h6-9,12-13,15,22H,10-11H2,1-5H3,(H3,28,29,30,33). The van der Waals surface area contributed by atoms with E-state index < -0.39 is 5.92 Å². The zero-order chi connectivity index (χ0) is 25.6. The van der Waals surface area contributed by atoms with Gasteiger partial charge in [0, 0.05) is 43.4 Å². The van der Waals surface area contributed by atoms with Crippen molar-refractivity contribution in [2.75, 3.05) is 45.6 Å². The van der Waals surface area contributed by atoms with Gasteiger partial charge >= 0.3 is 0 Å². The van der Waals surface area contributed by atoms with Gasteiger partial charge < -0.3 is 24.4 Å². The van der Waals surface area contributed by atoms with E-state index in [4.69, 9.17) is 14.2 Å². The number of benzene rings is 2. The molecule has 2 aromatic carbocycles. The van der Waals surface area contributed by atoms with Crippen LogP contribution in [0.15, 0.2) is 52.5 Å². The molecule has 0 saturated carbocycles. The molecule has 2 heterocycles. The molecule has 0 fully saturated rings. The zero-order valence-electron chi connectivity index (χ0n) is 21.0. The van der Waals surface area contributed by atoms with E-state index in [9.17, 15) is 9.59 Å². The lowest BCUT2D eigenvalue weighted by Gasteiger charge is -2.35. The Kier molecular flexibility index (Phi) is 5.99. The number of carbonyl (C=O) groups excluding carboxylic acids is 1. The molecule has 9 nitrogen and oxygen atoms in total. The molecule has 0 radical (unpaired) electrons. The van der Waals surface area contributed by atoms with Crippen LogP contribution in [0, 0.1) is 0 Å². The number of methoxy groups -OCH3 is 3. The zero-order valence-corrected chi connectivity index (χ0v) is 21.0. The summed E-state index contributed by atoms with van der Waals surface area (Å²) in [6, 6.07) is 11.8. The van der Waals surface area contributed by atoms with Crippen molar-refractivity contribution in [1.82, 2.24) is 10.2 Å². The number of H-pyrrole nitrogens is 2. The van der Waals surface area contributed by atoms with Crippen LogP contribution in [0.3, 0.4) is 0 Å². The van der Waals surface area contributed by atoms with E-state index in [0.717, 1.165) is 22.5 Å². The number of fused-ring (bicyclic) bond motifs is 1. The van der Waals surface area contributed by atoms with Crippen LogP contribution >= 0.6 is 0 Å². The molecule has 0 spiro atoms. The highest BCUT2D eigenvalue weighted by molar-refractivity contribution is 6.01. The van der Waals surface area contributed by atoms with Gasteiger partial charge in [-0.25, -0.2) is 0 Å². The van der Waals surface area contributed by atoms with Crippen LogP contribution in [0.25, 0.3) is 0 Å². The molecular weight excluding hydrogens is 460 g/mol. The van der Waals surface area contributed by atoms with Gasteiger partial charge in [0.15, 0.2) is 17.3 Å². The summed E-state index contributed by atoms with van der Waals surface area (Å²) in [6.07, 6.45) is 0.904. The summed E-state index contributed by atoms with van der Waals surface area (Å²) in [6.45, 7) is 0. The average molecular weight is 491 g/mol. The number of nitrogens with one attached hydrogen (secondary N) is 3. The fourth-order valence-electron chi connectivity index (χ4n) is 5.29. The number of ketones is 1. The Hall–Kier alpha value is -4.14. The van der Waals surface area contributed by atoms with E-state index in [0.29, 0.717) is 47.0 Å². The Labute approximate surface area is 209 Å². The van der Waals surface area contributed by atoms with E-state index in [2.05, 4.69) is 15.5 Å². The highest BCUT2D eigenvalue weighted by Gasteiger charge is 2.40. The van der Waals surface area contributed by atoms with Gasteiger partial charge in [0.05, 0.1) is 26.9 Å². The molecule has 2 unspecified atom stereocenters. The van der Waals surface area contributed by atoms with E-state index >= 15 is 0 Å². The molecule has 36 heavy (non-hydrogen) atoms. The molecule has 0 bridgehead atoms. The second kappa shape index (κ2) is 9.14. The van der Waals surface area contributed by atoms with E-state index in [1.54, 1.807) is 21.3 Å². The van der Waals surface area contributed by atoms with Gasteiger partial charge in [-0.05, 0) is 47.7 Å². The topological polar surface area (TPSA) is 109 Å². The first-order valence-corrected chi connectivity index (χ1v) is 11.8. The first-order chi connectivity index (χ1) is 17.4. The molecule has 2 aliphatic rings. The lowest BCUT2D eigenvalue weighted by Crippen LogP contribution is -2.31. The molecule has 1 aliphatic heterocycles. The fourth-order valence-corrected chi connectivity index (χ4v) is 5.29. The summed E-state index contributed by atoms with van der Waals surface area (Å²) in [5.41, 5.74) is 4.63. The summed E-state index contributed by atoms with van der Waals surface area (Å²) in [4.78, 5) is 28.5. The van der Waals surface area contributed by atoms with Crippen molar-refractivity contribution in [2.24, 2.45) is 0 Å². The van der Waals surface area contributed by atoms with E-state index in [1.165, 1.54) is 0 Å². The number of ether oxygens (including phenoxy) is 3. The average Bonchev–Trinajstić information content (AvgIpc) is 3.26. The number of allylic oxidation sites excluding steroid dienone is 2. The summed E-state index contributed by atoms with van der Waals surface area (Å²) >= 11 is 0. The predicted molar refractivity (Wildman–Crippen MR) is 138 cm³/mol. The van der Waals surface area contributed by atoms with E-state index in [-0.39, 0.29) is 17.3 Å². The van der Waals surface area contributed by atoms with Crippen LogP contribution < -0.4 is 30.0 Å². The number of nitrogens with zero attached hydrogens (tertiary/aromatic N) is 1. The molecule has 9 heteroatoms. The normalized spacial score (nSPS) is 18.8. The third-order valence-electron chi connectivity index (χ3n) is 7.08. The SMILES string of the molecule is COc1cc(C2CC(=O)C3=C(C2)Nc2[nH][nH]c(=O)c2C3c2ccc(N(C)C)cc2)cc(OC)c1OC. The van der Waals surface area contributed by atoms with Crippen molar-refractivity contribution < 1.29 is 19.0 Å². The molecule has 1 aromatic heterocycles. The molecule has 188 valence electrons. The Balaban J connectivity index is 1.58. The monoisotopic (exact) mass is 490 g/mol. The number of rotatable bonds is 6. The van der Waals surface area contributed by atoms with E-state index in [1.807, 2.05) is 55.4 Å². The van der Waals surface area contributed by atoms with Crippen LogP contribution in [0.5, 0.6) is 17.2 Å². The van der Waals surface area contributed by atoms with Crippen molar-refractivity contribution in [3.8, 4) is 17.2 Å². The maximum Gasteiger partial charge on any atom is 0.270 e.